The molecule has 5 nitrogen and oxygen atoms in total. The molecular formula is C26H27F3N2O3. The Balaban J connectivity index is 0.000000334. The molecule has 0 fully saturated rings. The number of allylic oxidation sites excluding steroid dienone is 2. The first-order valence-electron chi connectivity index (χ1n) is 10.6. The molecule has 0 N–H and O–H groups in total. The highest BCUT2D eigenvalue weighted by molar-refractivity contribution is 6.23. The first-order chi connectivity index (χ1) is 16.4. The quantitative estimate of drug-likeness (QED) is 0.224. The Bertz CT molecular complexity index is 1100. The van der Waals surface area contributed by atoms with Gasteiger partial charge in [0, 0.05) is 35.5 Å². The monoisotopic (exact) mass is 472 g/mol. The van der Waals surface area contributed by atoms with Gasteiger partial charge in [-0.15, -0.1) is 0 Å². The highest BCUT2D eigenvalue weighted by Crippen LogP contribution is 2.33. The highest BCUT2D eigenvalue weighted by Gasteiger charge is 2.34. The predicted molar refractivity (Wildman–Crippen MR) is 127 cm³/mol. The average molecular weight is 473 g/mol. The van der Waals surface area contributed by atoms with Gasteiger partial charge in [-0.3, -0.25) is 19.6 Å². The fourth-order valence-corrected chi connectivity index (χ4v) is 2.92. The van der Waals surface area contributed by atoms with Gasteiger partial charge < -0.3 is 4.42 Å². The lowest BCUT2D eigenvalue weighted by Gasteiger charge is -2.14. The van der Waals surface area contributed by atoms with Gasteiger partial charge in [0.05, 0.1) is 29.5 Å². The molecule has 0 amide bonds. The summed E-state index contributed by atoms with van der Waals surface area (Å²) in [5, 5.41) is 0. The number of pyridine rings is 1. The third kappa shape index (κ3) is 7.65. The van der Waals surface area contributed by atoms with Gasteiger partial charge in [-0.05, 0) is 30.7 Å². The van der Waals surface area contributed by atoms with E-state index in [1.54, 1.807) is 49.9 Å². The van der Waals surface area contributed by atoms with E-state index in [-0.39, 0.29) is 16.8 Å². The van der Waals surface area contributed by atoms with E-state index < -0.39 is 11.7 Å². The summed E-state index contributed by atoms with van der Waals surface area (Å²) in [5.41, 5.74) is 1.41. The van der Waals surface area contributed by atoms with E-state index in [4.69, 9.17) is 4.42 Å². The Hall–Kier alpha value is -3.81. The second-order valence-corrected chi connectivity index (χ2v) is 6.37. The molecule has 1 aromatic carbocycles. The number of hydrogen-bond donors (Lipinski definition) is 0. The molecule has 0 saturated heterocycles. The minimum absolute atomic E-state index is 0.0600. The molecule has 0 atom stereocenters. The van der Waals surface area contributed by atoms with Crippen molar-refractivity contribution in [3.63, 3.8) is 0 Å². The Morgan fingerprint density at radius 2 is 1.79 bits per heavy atom. The van der Waals surface area contributed by atoms with Crippen molar-refractivity contribution in [1.82, 2.24) is 4.98 Å². The molecule has 8 heteroatoms. The molecule has 0 bridgehead atoms. The second kappa shape index (κ2) is 14.4. The summed E-state index contributed by atoms with van der Waals surface area (Å²) >= 11 is 0. The molecule has 0 unspecified atom stereocenters. The van der Waals surface area contributed by atoms with E-state index in [1.807, 2.05) is 13.8 Å². The van der Waals surface area contributed by atoms with Crippen LogP contribution in [-0.2, 0) is 11.0 Å². The number of rotatable bonds is 6. The lowest BCUT2D eigenvalue weighted by Crippen LogP contribution is -2.15. The number of aromatic nitrogens is 1. The molecule has 0 aliphatic carbocycles. The number of benzene rings is 1. The number of aldehydes is 2. The number of halogens is 3. The molecule has 2 aromatic heterocycles. The van der Waals surface area contributed by atoms with Gasteiger partial charge in [-0.1, -0.05) is 45.0 Å². The van der Waals surface area contributed by atoms with E-state index >= 15 is 0 Å². The molecule has 2 heterocycles. The maximum Gasteiger partial charge on any atom is 0.417 e. The average Bonchev–Trinajstić information content (AvgIpc) is 3.40. The molecule has 0 saturated carbocycles. The molecule has 34 heavy (non-hydrogen) atoms. The van der Waals surface area contributed by atoms with Gasteiger partial charge in [0.15, 0.2) is 12.6 Å². The summed E-state index contributed by atoms with van der Waals surface area (Å²) in [4.78, 5) is 29.6. The molecule has 0 aliphatic heterocycles. The standard InChI is InChI=1S/C14H14F3NO.C10H7NO2.C2H6/c1-3-6-10(9-19)13(18-2)11-7-4-5-8-12(11)14(15,16)17;12-6-8-2-1-4-11-10(8)9-3-5-13-7-9;1-2/h4-9H,3H2,1-2H3;1-7H;1-2H3/b10-6-,18-13?;;. The summed E-state index contributed by atoms with van der Waals surface area (Å²) in [6, 6.07) is 10.3. The van der Waals surface area contributed by atoms with Crippen molar-refractivity contribution in [2.24, 2.45) is 4.99 Å². The van der Waals surface area contributed by atoms with Crippen molar-refractivity contribution in [2.75, 3.05) is 7.05 Å². The van der Waals surface area contributed by atoms with Gasteiger partial charge in [0.25, 0.3) is 0 Å². The van der Waals surface area contributed by atoms with Crippen molar-refractivity contribution in [3.8, 4) is 11.3 Å². The molecular weight excluding hydrogens is 445 g/mol. The zero-order valence-electron chi connectivity index (χ0n) is 19.5. The first kappa shape index (κ1) is 28.2. The van der Waals surface area contributed by atoms with Crippen LogP contribution in [0.5, 0.6) is 0 Å². The fourth-order valence-electron chi connectivity index (χ4n) is 2.92. The maximum absolute atomic E-state index is 12.9. The number of hydrogen-bond acceptors (Lipinski definition) is 5. The normalized spacial score (nSPS) is 11.5. The maximum atomic E-state index is 12.9. The zero-order valence-corrected chi connectivity index (χ0v) is 19.5. The zero-order chi connectivity index (χ0) is 25.6. The van der Waals surface area contributed by atoms with Crippen LogP contribution in [0.4, 0.5) is 13.2 Å². The molecule has 180 valence electrons. The Labute approximate surface area is 197 Å². The third-order valence-electron chi connectivity index (χ3n) is 4.30. The van der Waals surface area contributed by atoms with Crippen LogP contribution in [0.2, 0.25) is 0 Å². The van der Waals surface area contributed by atoms with Gasteiger partial charge in [-0.25, -0.2) is 0 Å². The predicted octanol–water partition coefficient (Wildman–Crippen LogP) is 6.84. The van der Waals surface area contributed by atoms with Crippen LogP contribution in [0.15, 0.2) is 82.2 Å². The van der Waals surface area contributed by atoms with Crippen molar-refractivity contribution in [2.45, 2.75) is 33.4 Å². The largest absolute Gasteiger partial charge is 0.472 e. The fraction of sp³-hybridized carbons (Fsp3) is 0.231. The first-order valence-corrected chi connectivity index (χ1v) is 10.6. The van der Waals surface area contributed by atoms with Crippen molar-refractivity contribution in [3.05, 3.63) is 89.5 Å². The van der Waals surface area contributed by atoms with Crippen LogP contribution in [0.25, 0.3) is 11.3 Å². The smallest absolute Gasteiger partial charge is 0.417 e. The summed E-state index contributed by atoms with van der Waals surface area (Å²) in [5.74, 6) is 0. The van der Waals surface area contributed by atoms with Crippen LogP contribution in [0, 0.1) is 0 Å². The van der Waals surface area contributed by atoms with Crippen molar-refractivity contribution < 1.29 is 27.2 Å². The topological polar surface area (TPSA) is 72.5 Å². The molecule has 0 aliphatic rings. The number of alkyl halides is 3. The summed E-state index contributed by atoms with van der Waals surface area (Å²) in [6.07, 6.45) is 3.70. The number of carbonyl (C=O) groups is 2. The Morgan fingerprint density at radius 3 is 2.32 bits per heavy atom. The van der Waals surface area contributed by atoms with E-state index in [0.29, 0.717) is 24.0 Å². The number of nitrogens with zero attached hydrogens (tertiary/aromatic N) is 2. The van der Waals surface area contributed by atoms with Crippen LogP contribution in [0.3, 0.4) is 0 Å². The van der Waals surface area contributed by atoms with Crippen LogP contribution in [0.1, 0.15) is 48.7 Å². The van der Waals surface area contributed by atoms with Gasteiger partial charge in [0.1, 0.15) is 0 Å². The highest BCUT2D eigenvalue weighted by atomic mass is 19.4. The summed E-state index contributed by atoms with van der Waals surface area (Å²) < 4.78 is 43.7. The summed E-state index contributed by atoms with van der Waals surface area (Å²) in [6.45, 7) is 5.80. The minimum atomic E-state index is -4.48. The van der Waals surface area contributed by atoms with Crippen LogP contribution in [-0.4, -0.2) is 30.3 Å². The molecule has 0 spiro atoms. The second-order valence-electron chi connectivity index (χ2n) is 6.37. The molecule has 0 radical (unpaired) electrons. The lowest BCUT2D eigenvalue weighted by atomic mass is 9.97. The minimum Gasteiger partial charge on any atom is -0.472 e. The molecule has 3 rings (SSSR count). The van der Waals surface area contributed by atoms with E-state index in [1.165, 1.54) is 25.2 Å². The Kier molecular flexibility index (Phi) is 11.9. The van der Waals surface area contributed by atoms with E-state index in [2.05, 4.69) is 9.98 Å². The van der Waals surface area contributed by atoms with Gasteiger partial charge in [-0.2, -0.15) is 13.2 Å². The third-order valence-corrected chi connectivity index (χ3v) is 4.30. The summed E-state index contributed by atoms with van der Waals surface area (Å²) in [7, 11) is 1.37. The Morgan fingerprint density at radius 1 is 1.09 bits per heavy atom. The molecule has 3 aromatic rings. The van der Waals surface area contributed by atoms with Crippen molar-refractivity contribution >= 4 is 18.3 Å². The van der Waals surface area contributed by atoms with E-state index in [0.717, 1.165) is 17.9 Å². The number of furan rings is 1. The number of aliphatic imine (C=N–C) groups is 1. The van der Waals surface area contributed by atoms with E-state index in [9.17, 15) is 22.8 Å². The van der Waals surface area contributed by atoms with Crippen LogP contribution < -0.4 is 0 Å². The SMILES string of the molecule is CC.CC/C=C(/C=O)C(=NC)c1ccccc1C(F)(F)F.O=Cc1cccnc1-c1ccoc1. The van der Waals surface area contributed by atoms with Crippen molar-refractivity contribution in [1.29, 1.82) is 0 Å². The lowest BCUT2D eigenvalue weighted by molar-refractivity contribution is -0.137. The van der Waals surface area contributed by atoms with Gasteiger partial charge >= 0.3 is 6.18 Å². The van der Waals surface area contributed by atoms with Gasteiger partial charge in [0.2, 0.25) is 0 Å². The van der Waals surface area contributed by atoms with Crippen LogP contribution >= 0.6 is 0 Å². The number of carbonyl (C=O) groups excluding carboxylic acids is 2.